The molecule has 0 unspecified atom stereocenters. The summed E-state index contributed by atoms with van der Waals surface area (Å²) in [6, 6.07) is 7.76. The minimum Gasteiger partial charge on any atom is -0.367 e. The van der Waals surface area contributed by atoms with E-state index in [1.807, 2.05) is 12.1 Å². The second-order valence-corrected chi connectivity index (χ2v) is 7.89. The Morgan fingerprint density at radius 2 is 1.79 bits per heavy atom. The number of aryl methyl sites for hydroxylation is 1. The van der Waals surface area contributed by atoms with Crippen molar-refractivity contribution < 1.29 is 0 Å². The third kappa shape index (κ3) is 3.64. The zero-order chi connectivity index (χ0) is 19.6. The normalized spacial score (nSPS) is 21.0. The molecule has 2 aliphatic rings. The average molecular weight is 388 g/mol. The van der Waals surface area contributed by atoms with Gasteiger partial charge in [-0.2, -0.15) is 5.10 Å². The Morgan fingerprint density at radius 3 is 2.62 bits per heavy atom. The molecular weight excluding hydrogens is 364 g/mol. The monoisotopic (exact) mass is 388 g/mol. The molecule has 29 heavy (non-hydrogen) atoms. The summed E-state index contributed by atoms with van der Waals surface area (Å²) in [5.74, 6) is 1.01. The van der Waals surface area contributed by atoms with Gasteiger partial charge in [0.25, 0.3) is 5.56 Å². The van der Waals surface area contributed by atoms with Crippen LogP contribution in [0.15, 0.2) is 47.8 Å². The minimum atomic E-state index is -0.0344. The maximum Gasteiger partial charge on any atom is 0.267 e. The van der Waals surface area contributed by atoms with Crippen LogP contribution in [0.1, 0.15) is 49.4 Å². The number of aromatic nitrogens is 5. The highest BCUT2D eigenvalue weighted by atomic mass is 16.1. The highest BCUT2D eigenvalue weighted by Gasteiger charge is 2.26. The number of pyridine rings is 1. The minimum absolute atomic E-state index is 0.0344. The zero-order valence-corrected chi connectivity index (χ0v) is 16.3. The molecule has 7 nitrogen and oxygen atoms in total. The number of fused-ring (bicyclic) bond motifs is 1. The predicted octanol–water partition coefficient (Wildman–Crippen LogP) is 3.18. The van der Waals surface area contributed by atoms with Crippen molar-refractivity contribution in [1.29, 1.82) is 0 Å². The van der Waals surface area contributed by atoms with Gasteiger partial charge < -0.3 is 5.32 Å². The third-order valence-electron chi connectivity index (χ3n) is 6.06. The van der Waals surface area contributed by atoms with Crippen LogP contribution in [0.2, 0.25) is 0 Å². The molecule has 3 heterocycles. The fourth-order valence-electron chi connectivity index (χ4n) is 4.51. The van der Waals surface area contributed by atoms with E-state index < -0.39 is 0 Å². The van der Waals surface area contributed by atoms with Gasteiger partial charge in [-0.15, -0.1) is 0 Å². The molecule has 7 heteroatoms. The van der Waals surface area contributed by atoms with Crippen LogP contribution in [-0.4, -0.2) is 30.8 Å². The van der Waals surface area contributed by atoms with Crippen LogP contribution in [0.5, 0.6) is 0 Å². The number of hydrogen-bond acceptors (Lipinski definition) is 6. The molecule has 0 spiro atoms. The lowest BCUT2D eigenvalue weighted by atomic mass is 9.91. The van der Waals surface area contributed by atoms with Gasteiger partial charge >= 0.3 is 0 Å². The topological polar surface area (TPSA) is 85.6 Å². The molecule has 3 aromatic rings. The van der Waals surface area contributed by atoms with Gasteiger partial charge in [-0.1, -0.05) is 0 Å². The van der Waals surface area contributed by atoms with Crippen LogP contribution in [0.25, 0.3) is 11.3 Å². The summed E-state index contributed by atoms with van der Waals surface area (Å²) in [4.78, 5) is 25.4. The molecule has 1 fully saturated rings. The number of rotatable bonds is 4. The van der Waals surface area contributed by atoms with Crippen molar-refractivity contribution in [2.24, 2.45) is 0 Å². The summed E-state index contributed by atoms with van der Waals surface area (Å²) in [6.45, 7) is 0. The van der Waals surface area contributed by atoms with Crippen LogP contribution >= 0.6 is 0 Å². The number of nitrogens with one attached hydrogen (secondary N) is 1. The Labute approximate surface area is 169 Å². The molecule has 1 N–H and O–H groups in total. The summed E-state index contributed by atoms with van der Waals surface area (Å²) in [5.41, 5.74) is 4.23. The molecule has 0 saturated heterocycles. The molecule has 0 aliphatic heterocycles. The summed E-state index contributed by atoms with van der Waals surface area (Å²) < 4.78 is 1.67. The van der Waals surface area contributed by atoms with Crippen LogP contribution < -0.4 is 10.9 Å². The molecule has 3 aromatic heterocycles. The zero-order valence-electron chi connectivity index (χ0n) is 16.3. The molecule has 148 valence electrons. The maximum absolute atomic E-state index is 12.5. The quantitative estimate of drug-likeness (QED) is 0.739. The highest BCUT2D eigenvalue weighted by Crippen LogP contribution is 2.31. The molecule has 1 saturated carbocycles. The number of hydrogen-bond donors (Lipinski definition) is 1. The first-order valence-electron chi connectivity index (χ1n) is 10.4. The predicted molar refractivity (Wildman–Crippen MR) is 111 cm³/mol. The molecule has 2 aliphatic carbocycles. The second kappa shape index (κ2) is 7.73. The fourth-order valence-corrected chi connectivity index (χ4v) is 4.51. The lowest BCUT2D eigenvalue weighted by molar-refractivity contribution is 0.304. The summed E-state index contributed by atoms with van der Waals surface area (Å²) in [7, 11) is 0. The molecule has 0 radical (unpaired) electrons. The number of nitrogens with zero attached hydrogens (tertiary/aromatic N) is 5. The van der Waals surface area contributed by atoms with E-state index in [9.17, 15) is 4.79 Å². The van der Waals surface area contributed by atoms with E-state index in [1.165, 1.54) is 11.3 Å². The molecular formula is C22H24N6O. The van der Waals surface area contributed by atoms with Gasteiger partial charge in [0, 0.05) is 41.3 Å². The maximum atomic E-state index is 12.5. The largest absolute Gasteiger partial charge is 0.367 e. The molecule has 0 aromatic carbocycles. The van der Waals surface area contributed by atoms with Gasteiger partial charge in [-0.05, 0) is 63.1 Å². The van der Waals surface area contributed by atoms with Crippen molar-refractivity contribution in [2.75, 3.05) is 5.32 Å². The first kappa shape index (κ1) is 18.0. The third-order valence-corrected chi connectivity index (χ3v) is 6.06. The first-order chi connectivity index (χ1) is 14.3. The van der Waals surface area contributed by atoms with Gasteiger partial charge in [-0.3, -0.25) is 9.78 Å². The fraction of sp³-hybridized carbons (Fsp3) is 0.409. The van der Waals surface area contributed by atoms with E-state index in [2.05, 4.69) is 25.4 Å². The van der Waals surface area contributed by atoms with Gasteiger partial charge in [0.05, 0.1) is 11.7 Å². The SMILES string of the molecule is O=c1ccc(-c2ccncc2)nn1C1CCC(Nc2ncnc3c2CCC3)CC1. The Bertz CT molecular complexity index is 1060. The smallest absolute Gasteiger partial charge is 0.267 e. The van der Waals surface area contributed by atoms with Gasteiger partial charge in [0.2, 0.25) is 0 Å². The molecule has 5 rings (SSSR count). The summed E-state index contributed by atoms with van der Waals surface area (Å²) in [5, 5.41) is 8.30. The van der Waals surface area contributed by atoms with E-state index >= 15 is 0 Å². The van der Waals surface area contributed by atoms with E-state index in [0.717, 1.165) is 62.0 Å². The van der Waals surface area contributed by atoms with Crippen LogP contribution in [0.4, 0.5) is 5.82 Å². The van der Waals surface area contributed by atoms with Crippen molar-refractivity contribution in [3.63, 3.8) is 0 Å². The van der Waals surface area contributed by atoms with Crippen molar-refractivity contribution in [3.8, 4) is 11.3 Å². The Morgan fingerprint density at radius 1 is 0.966 bits per heavy atom. The Hall–Kier alpha value is -3.09. The van der Waals surface area contributed by atoms with Gasteiger partial charge in [0.15, 0.2) is 0 Å². The highest BCUT2D eigenvalue weighted by molar-refractivity contribution is 5.57. The van der Waals surface area contributed by atoms with E-state index in [4.69, 9.17) is 0 Å². The van der Waals surface area contributed by atoms with Crippen LogP contribution in [0.3, 0.4) is 0 Å². The summed E-state index contributed by atoms with van der Waals surface area (Å²) in [6.07, 6.45) is 12.3. The van der Waals surface area contributed by atoms with E-state index in [-0.39, 0.29) is 11.6 Å². The van der Waals surface area contributed by atoms with Crippen LogP contribution in [0, 0.1) is 0 Å². The standard InChI is InChI=1S/C22H24N6O/c29-21-9-8-19(15-10-12-23-13-11-15)27-28(21)17-6-4-16(5-7-17)26-22-18-2-1-3-20(18)24-14-25-22/h8-14,16-17H,1-7H2,(H,24,25,26). The van der Waals surface area contributed by atoms with Gasteiger partial charge in [-0.25, -0.2) is 14.6 Å². The Kier molecular flexibility index (Phi) is 4.79. The average Bonchev–Trinajstić information content (AvgIpc) is 3.25. The first-order valence-corrected chi connectivity index (χ1v) is 10.4. The molecule has 0 amide bonds. The van der Waals surface area contributed by atoms with Crippen molar-refractivity contribution in [2.45, 2.75) is 57.0 Å². The van der Waals surface area contributed by atoms with E-state index in [0.29, 0.717) is 6.04 Å². The molecule has 0 bridgehead atoms. The number of anilines is 1. The Balaban J connectivity index is 1.29. The summed E-state index contributed by atoms with van der Waals surface area (Å²) >= 11 is 0. The second-order valence-electron chi connectivity index (χ2n) is 7.89. The van der Waals surface area contributed by atoms with Crippen molar-refractivity contribution >= 4 is 5.82 Å². The lowest BCUT2D eigenvalue weighted by Gasteiger charge is -2.30. The van der Waals surface area contributed by atoms with Gasteiger partial charge in [0.1, 0.15) is 12.1 Å². The van der Waals surface area contributed by atoms with E-state index in [1.54, 1.807) is 35.5 Å². The lowest BCUT2D eigenvalue weighted by Crippen LogP contribution is -2.33. The van der Waals surface area contributed by atoms with Crippen molar-refractivity contribution in [3.05, 3.63) is 64.6 Å². The molecule has 0 atom stereocenters. The van der Waals surface area contributed by atoms with Crippen LogP contribution in [-0.2, 0) is 12.8 Å². The van der Waals surface area contributed by atoms with Crippen molar-refractivity contribution in [1.82, 2.24) is 24.7 Å².